The summed E-state index contributed by atoms with van der Waals surface area (Å²) in [7, 11) is 2.01. The van der Waals surface area contributed by atoms with Crippen LogP contribution >= 0.6 is 0 Å². The zero-order valence-electron chi connectivity index (χ0n) is 12.4. The number of piperazine rings is 1. The van der Waals surface area contributed by atoms with Crippen LogP contribution in [0.25, 0.3) is 0 Å². The third-order valence-corrected chi connectivity index (χ3v) is 3.65. The topological polar surface area (TPSA) is 53.0 Å². The molecule has 1 fully saturated rings. The number of hydrogen-bond acceptors (Lipinski definition) is 4. The fourth-order valence-corrected chi connectivity index (χ4v) is 2.18. The van der Waals surface area contributed by atoms with Gasteiger partial charge in [0.25, 0.3) is 5.91 Å². The van der Waals surface area contributed by atoms with Gasteiger partial charge in [-0.05, 0) is 31.7 Å². The second kappa shape index (κ2) is 6.87. The standard InChI is InChI=1S/C15H21FN2O3/c1-11(19)12-3-4-14(13(16)9-12)21-10-15(20)18-7-5-17(2)6-8-18/h3-4,9,11,19H,5-8,10H2,1-2H3/t11-/m1/s1. The lowest BCUT2D eigenvalue weighted by Crippen LogP contribution is -2.48. The van der Waals surface area contributed by atoms with Crippen molar-refractivity contribution in [1.29, 1.82) is 0 Å². The third-order valence-electron chi connectivity index (χ3n) is 3.65. The van der Waals surface area contributed by atoms with Crippen LogP contribution in [0.15, 0.2) is 18.2 Å². The van der Waals surface area contributed by atoms with Crippen molar-refractivity contribution in [2.45, 2.75) is 13.0 Å². The Morgan fingerprint density at radius 1 is 1.38 bits per heavy atom. The first-order valence-corrected chi connectivity index (χ1v) is 7.04. The molecule has 1 N–H and O–H groups in total. The van der Waals surface area contributed by atoms with Gasteiger partial charge < -0.3 is 19.6 Å². The summed E-state index contributed by atoms with van der Waals surface area (Å²) in [5.74, 6) is -0.677. The number of ether oxygens (including phenoxy) is 1. The van der Waals surface area contributed by atoms with E-state index in [4.69, 9.17) is 4.74 Å². The maximum atomic E-state index is 13.8. The molecule has 0 saturated carbocycles. The molecule has 6 heteroatoms. The lowest BCUT2D eigenvalue weighted by molar-refractivity contribution is -0.134. The lowest BCUT2D eigenvalue weighted by Gasteiger charge is -2.32. The van der Waals surface area contributed by atoms with Gasteiger partial charge in [0.15, 0.2) is 18.2 Å². The SMILES string of the molecule is C[C@@H](O)c1ccc(OCC(=O)N2CCN(C)CC2)c(F)c1. The van der Waals surface area contributed by atoms with Crippen molar-refractivity contribution < 1.29 is 19.0 Å². The maximum absolute atomic E-state index is 13.8. The van der Waals surface area contributed by atoms with Crippen LogP contribution in [0.1, 0.15) is 18.6 Å². The summed E-state index contributed by atoms with van der Waals surface area (Å²) >= 11 is 0. The van der Waals surface area contributed by atoms with Crippen molar-refractivity contribution in [2.75, 3.05) is 39.8 Å². The molecule has 0 bridgehead atoms. The number of aliphatic hydroxyl groups is 1. The Morgan fingerprint density at radius 3 is 2.62 bits per heavy atom. The molecular formula is C15H21FN2O3. The molecule has 1 amide bonds. The minimum Gasteiger partial charge on any atom is -0.481 e. The van der Waals surface area contributed by atoms with Crippen LogP contribution in [0.3, 0.4) is 0 Å². The number of nitrogens with zero attached hydrogens (tertiary/aromatic N) is 2. The van der Waals surface area contributed by atoms with Gasteiger partial charge in [0.1, 0.15) is 0 Å². The Kier molecular flexibility index (Phi) is 5.14. The number of likely N-dealkylation sites (N-methyl/N-ethyl adjacent to an activating group) is 1. The summed E-state index contributed by atoms with van der Waals surface area (Å²) in [6.45, 7) is 4.40. The summed E-state index contributed by atoms with van der Waals surface area (Å²) in [4.78, 5) is 15.9. The van der Waals surface area contributed by atoms with Gasteiger partial charge >= 0.3 is 0 Å². The number of halogens is 1. The molecule has 0 aromatic heterocycles. The summed E-state index contributed by atoms with van der Waals surface area (Å²) in [6, 6.07) is 4.25. The highest BCUT2D eigenvalue weighted by Gasteiger charge is 2.19. The first-order valence-electron chi connectivity index (χ1n) is 7.04. The highest BCUT2D eigenvalue weighted by molar-refractivity contribution is 5.77. The number of aliphatic hydroxyl groups excluding tert-OH is 1. The van der Waals surface area contributed by atoms with E-state index in [0.717, 1.165) is 13.1 Å². The summed E-state index contributed by atoms with van der Waals surface area (Å²) in [6.07, 6.45) is -0.736. The monoisotopic (exact) mass is 296 g/mol. The molecule has 116 valence electrons. The Balaban J connectivity index is 1.89. The number of carbonyl (C=O) groups excluding carboxylic acids is 1. The van der Waals surface area contributed by atoms with Crippen molar-refractivity contribution in [3.05, 3.63) is 29.6 Å². The van der Waals surface area contributed by atoms with Gasteiger partial charge in [0.05, 0.1) is 6.10 Å². The Hall–Kier alpha value is -1.66. The van der Waals surface area contributed by atoms with E-state index in [1.54, 1.807) is 17.9 Å². The van der Waals surface area contributed by atoms with E-state index in [0.29, 0.717) is 18.7 Å². The first-order chi connectivity index (χ1) is 9.97. The van der Waals surface area contributed by atoms with Gasteiger partial charge in [0, 0.05) is 26.2 Å². The quantitative estimate of drug-likeness (QED) is 0.902. The molecule has 21 heavy (non-hydrogen) atoms. The van der Waals surface area contributed by atoms with E-state index in [2.05, 4.69) is 4.90 Å². The van der Waals surface area contributed by atoms with Crippen LogP contribution in [0.2, 0.25) is 0 Å². The number of rotatable bonds is 4. The van der Waals surface area contributed by atoms with E-state index < -0.39 is 11.9 Å². The molecule has 2 rings (SSSR count). The first kappa shape index (κ1) is 15.7. The molecule has 1 aromatic rings. The molecule has 1 heterocycles. The Labute approximate surface area is 123 Å². The zero-order valence-corrected chi connectivity index (χ0v) is 12.4. The van der Waals surface area contributed by atoms with E-state index in [-0.39, 0.29) is 18.3 Å². The molecule has 1 atom stereocenters. The highest BCUT2D eigenvalue weighted by atomic mass is 19.1. The zero-order chi connectivity index (χ0) is 15.4. The molecule has 0 spiro atoms. The van der Waals surface area contributed by atoms with Gasteiger partial charge in [-0.15, -0.1) is 0 Å². The predicted molar refractivity (Wildman–Crippen MR) is 76.6 cm³/mol. The molecule has 5 nitrogen and oxygen atoms in total. The minimum atomic E-state index is -0.736. The van der Waals surface area contributed by atoms with Gasteiger partial charge in [-0.25, -0.2) is 4.39 Å². The molecule has 1 aromatic carbocycles. The van der Waals surface area contributed by atoms with E-state index in [1.165, 1.54) is 12.1 Å². The van der Waals surface area contributed by atoms with E-state index >= 15 is 0 Å². The largest absolute Gasteiger partial charge is 0.481 e. The summed E-state index contributed by atoms with van der Waals surface area (Å²) < 4.78 is 19.0. The Bertz CT molecular complexity index is 500. The van der Waals surface area contributed by atoms with Crippen LogP contribution in [0.5, 0.6) is 5.75 Å². The van der Waals surface area contributed by atoms with E-state index in [9.17, 15) is 14.3 Å². The number of hydrogen-bond donors (Lipinski definition) is 1. The molecule has 1 saturated heterocycles. The van der Waals surface area contributed by atoms with E-state index in [1.807, 2.05) is 7.05 Å². The van der Waals surface area contributed by atoms with Crippen LogP contribution < -0.4 is 4.74 Å². The molecule has 0 aliphatic carbocycles. The molecular weight excluding hydrogens is 275 g/mol. The third kappa shape index (κ3) is 4.15. The van der Waals surface area contributed by atoms with Gasteiger partial charge in [-0.2, -0.15) is 0 Å². The molecule has 0 radical (unpaired) electrons. The van der Waals surface area contributed by atoms with Crippen molar-refractivity contribution in [3.63, 3.8) is 0 Å². The van der Waals surface area contributed by atoms with Gasteiger partial charge in [0.2, 0.25) is 0 Å². The fourth-order valence-electron chi connectivity index (χ4n) is 2.18. The Morgan fingerprint density at radius 2 is 2.05 bits per heavy atom. The van der Waals surface area contributed by atoms with Crippen LogP contribution in [-0.4, -0.2) is 60.6 Å². The average Bonchev–Trinajstić information content (AvgIpc) is 2.46. The van der Waals surface area contributed by atoms with Crippen LogP contribution in [-0.2, 0) is 4.79 Å². The van der Waals surface area contributed by atoms with Gasteiger partial charge in [-0.1, -0.05) is 6.07 Å². The normalized spacial score (nSPS) is 17.6. The van der Waals surface area contributed by atoms with Crippen molar-refractivity contribution in [3.8, 4) is 5.75 Å². The smallest absolute Gasteiger partial charge is 0.260 e. The van der Waals surface area contributed by atoms with Crippen molar-refractivity contribution in [2.24, 2.45) is 0 Å². The number of carbonyl (C=O) groups is 1. The van der Waals surface area contributed by atoms with Crippen LogP contribution in [0.4, 0.5) is 4.39 Å². The summed E-state index contributed by atoms with van der Waals surface area (Å²) in [5.41, 5.74) is 0.477. The van der Waals surface area contributed by atoms with Crippen molar-refractivity contribution in [1.82, 2.24) is 9.80 Å². The second-order valence-electron chi connectivity index (χ2n) is 5.34. The maximum Gasteiger partial charge on any atom is 0.260 e. The number of amides is 1. The van der Waals surface area contributed by atoms with Crippen molar-refractivity contribution >= 4 is 5.91 Å². The lowest BCUT2D eigenvalue weighted by atomic mass is 10.1. The van der Waals surface area contributed by atoms with Gasteiger partial charge in [-0.3, -0.25) is 4.79 Å². The van der Waals surface area contributed by atoms with Crippen LogP contribution in [0, 0.1) is 5.82 Å². The highest BCUT2D eigenvalue weighted by Crippen LogP contribution is 2.22. The molecule has 1 aliphatic rings. The molecule has 0 unspecified atom stereocenters. The predicted octanol–water partition coefficient (Wildman–Crippen LogP) is 1.03. The summed E-state index contributed by atoms with van der Waals surface area (Å²) in [5, 5.41) is 9.38. The molecule has 1 aliphatic heterocycles. The fraction of sp³-hybridized carbons (Fsp3) is 0.533. The minimum absolute atomic E-state index is 0.0295. The number of benzene rings is 1. The average molecular weight is 296 g/mol. The second-order valence-corrected chi connectivity index (χ2v) is 5.34.